The fourth-order valence-electron chi connectivity index (χ4n) is 10.3. The van der Waals surface area contributed by atoms with Crippen LogP contribution in [-0.2, 0) is 10.8 Å². The van der Waals surface area contributed by atoms with Gasteiger partial charge in [-0.05, 0) is 103 Å². The molecule has 0 saturated carbocycles. The zero-order valence-electron chi connectivity index (χ0n) is 33.3. The number of para-hydroxylation sites is 1. The Morgan fingerprint density at radius 3 is 1.42 bits per heavy atom. The van der Waals surface area contributed by atoms with Crippen molar-refractivity contribution < 1.29 is 0 Å². The van der Waals surface area contributed by atoms with Crippen molar-refractivity contribution in [3.8, 4) is 44.5 Å². The molecule has 0 aromatic heterocycles. The van der Waals surface area contributed by atoms with Crippen LogP contribution in [0.3, 0.4) is 0 Å². The van der Waals surface area contributed by atoms with Crippen LogP contribution in [0.15, 0.2) is 224 Å². The molecule has 0 N–H and O–H groups in total. The van der Waals surface area contributed by atoms with Crippen molar-refractivity contribution in [2.45, 2.75) is 24.7 Å². The van der Waals surface area contributed by atoms with E-state index in [0.717, 1.165) is 17.1 Å². The van der Waals surface area contributed by atoms with Gasteiger partial charge in [0.15, 0.2) is 0 Å². The summed E-state index contributed by atoms with van der Waals surface area (Å²) in [6, 6.07) is 83.1. The molecule has 59 heavy (non-hydrogen) atoms. The highest BCUT2D eigenvalue weighted by atomic mass is 15.1. The largest absolute Gasteiger partial charge is 0.310 e. The average molecular weight is 754 g/mol. The third kappa shape index (κ3) is 5.31. The highest BCUT2D eigenvalue weighted by Gasteiger charge is 2.47. The van der Waals surface area contributed by atoms with Gasteiger partial charge in [0.05, 0.1) is 11.1 Å². The van der Waals surface area contributed by atoms with E-state index in [-0.39, 0.29) is 5.41 Å². The third-order valence-electron chi connectivity index (χ3n) is 13.0. The summed E-state index contributed by atoms with van der Waals surface area (Å²) in [6.45, 7) is 4.74. The van der Waals surface area contributed by atoms with Gasteiger partial charge in [0, 0.05) is 22.4 Å². The average Bonchev–Trinajstić information content (AvgIpc) is 3.73. The zero-order valence-corrected chi connectivity index (χ0v) is 33.3. The van der Waals surface area contributed by atoms with Crippen molar-refractivity contribution in [3.05, 3.63) is 258 Å². The van der Waals surface area contributed by atoms with E-state index < -0.39 is 5.41 Å². The van der Waals surface area contributed by atoms with E-state index in [1.807, 2.05) is 0 Å². The Balaban J connectivity index is 1.22. The number of rotatable bonds is 7. The molecule has 0 radical (unpaired) electrons. The lowest BCUT2D eigenvalue weighted by molar-refractivity contribution is 0.660. The van der Waals surface area contributed by atoms with Crippen molar-refractivity contribution in [3.63, 3.8) is 0 Å². The maximum Gasteiger partial charge on any atom is 0.0714 e. The van der Waals surface area contributed by atoms with Gasteiger partial charge in [0.2, 0.25) is 0 Å². The molecule has 0 spiro atoms. The van der Waals surface area contributed by atoms with Gasteiger partial charge in [-0.25, -0.2) is 0 Å². The first-order valence-electron chi connectivity index (χ1n) is 20.7. The van der Waals surface area contributed by atoms with Crippen LogP contribution in [0.2, 0.25) is 0 Å². The minimum absolute atomic E-state index is 0.143. The Morgan fingerprint density at radius 2 is 0.780 bits per heavy atom. The maximum absolute atomic E-state index is 2.50. The molecule has 1 nitrogen and oxygen atoms in total. The van der Waals surface area contributed by atoms with Crippen LogP contribution >= 0.6 is 0 Å². The summed E-state index contributed by atoms with van der Waals surface area (Å²) in [7, 11) is 0. The first kappa shape index (κ1) is 35.0. The smallest absolute Gasteiger partial charge is 0.0714 e. The molecule has 0 unspecified atom stereocenters. The topological polar surface area (TPSA) is 3.24 Å². The SMILES string of the molecule is CC1(C)c2ccccc2-c2ccc(N(c3ccc4c(c3)C(c3ccccc3)(c3ccccc3)c3cccc(-c5ccccc5)c3-4)c3ccccc3-c3ccccc3)cc21. The molecule has 9 aromatic rings. The Morgan fingerprint density at radius 1 is 0.322 bits per heavy atom. The second-order valence-electron chi connectivity index (χ2n) is 16.4. The molecule has 2 aliphatic carbocycles. The summed E-state index contributed by atoms with van der Waals surface area (Å²) in [6.07, 6.45) is 0. The number of hydrogen-bond donors (Lipinski definition) is 0. The van der Waals surface area contributed by atoms with Crippen molar-refractivity contribution in [1.29, 1.82) is 0 Å². The van der Waals surface area contributed by atoms with E-state index in [0.29, 0.717) is 0 Å². The molecule has 0 aliphatic heterocycles. The first-order chi connectivity index (χ1) is 29.0. The predicted molar refractivity (Wildman–Crippen MR) is 247 cm³/mol. The molecule has 280 valence electrons. The molecule has 0 amide bonds. The summed E-state index contributed by atoms with van der Waals surface area (Å²) in [4.78, 5) is 2.50. The van der Waals surface area contributed by atoms with Crippen molar-refractivity contribution in [1.82, 2.24) is 0 Å². The van der Waals surface area contributed by atoms with E-state index in [9.17, 15) is 0 Å². The highest BCUT2D eigenvalue weighted by Crippen LogP contribution is 2.60. The number of fused-ring (bicyclic) bond motifs is 6. The van der Waals surface area contributed by atoms with Crippen LogP contribution in [-0.4, -0.2) is 0 Å². The fourth-order valence-corrected chi connectivity index (χ4v) is 10.3. The standard InChI is InChI=1S/C58H43N/c1-57(2)51-31-17-15-29-48(51)49-36-34-44(38-53(49)57)59(55-33-18-16-28-46(55)40-20-7-3-8-21-40)45-35-37-50-54(39-45)58(42-24-11-5-12-25-42,43-26-13-6-14-27-43)52-32-19-30-47(56(50)52)41-22-9-4-10-23-41/h3-39H,1-2H3. The Hall–Kier alpha value is -7.22. The zero-order chi connectivity index (χ0) is 39.6. The summed E-state index contributed by atoms with van der Waals surface area (Å²) >= 11 is 0. The van der Waals surface area contributed by atoms with Crippen LogP contribution in [0.5, 0.6) is 0 Å². The number of hydrogen-bond acceptors (Lipinski definition) is 1. The predicted octanol–water partition coefficient (Wildman–Crippen LogP) is 15.2. The lowest BCUT2D eigenvalue weighted by Crippen LogP contribution is -2.28. The number of anilines is 3. The quantitative estimate of drug-likeness (QED) is 0.157. The van der Waals surface area contributed by atoms with Gasteiger partial charge in [-0.3, -0.25) is 0 Å². The monoisotopic (exact) mass is 753 g/mol. The molecule has 0 atom stereocenters. The van der Waals surface area contributed by atoms with Crippen LogP contribution in [0.4, 0.5) is 17.1 Å². The minimum Gasteiger partial charge on any atom is -0.310 e. The lowest BCUT2D eigenvalue weighted by Gasteiger charge is -2.35. The molecular weight excluding hydrogens is 711 g/mol. The summed E-state index contributed by atoms with van der Waals surface area (Å²) < 4.78 is 0. The van der Waals surface area contributed by atoms with E-state index in [4.69, 9.17) is 0 Å². The Bertz CT molecular complexity index is 2960. The molecule has 2 aliphatic rings. The molecule has 0 bridgehead atoms. The minimum atomic E-state index is -0.569. The van der Waals surface area contributed by atoms with Crippen molar-refractivity contribution >= 4 is 17.1 Å². The molecule has 0 fully saturated rings. The molecule has 9 aromatic carbocycles. The normalized spacial score (nSPS) is 13.9. The second kappa shape index (κ2) is 13.7. The van der Waals surface area contributed by atoms with Gasteiger partial charge in [0.1, 0.15) is 0 Å². The van der Waals surface area contributed by atoms with Gasteiger partial charge in [-0.1, -0.05) is 208 Å². The van der Waals surface area contributed by atoms with Crippen molar-refractivity contribution in [2.75, 3.05) is 4.90 Å². The van der Waals surface area contributed by atoms with Crippen LogP contribution in [0, 0.1) is 0 Å². The van der Waals surface area contributed by atoms with Gasteiger partial charge >= 0.3 is 0 Å². The molecule has 1 heteroatoms. The first-order valence-corrected chi connectivity index (χ1v) is 20.7. The number of nitrogens with zero attached hydrogens (tertiary/aromatic N) is 1. The molecule has 0 saturated heterocycles. The maximum atomic E-state index is 2.50. The van der Waals surface area contributed by atoms with Crippen LogP contribution < -0.4 is 4.90 Å². The van der Waals surface area contributed by atoms with E-state index in [2.05, 4.69) is 243 Å². The summed E-state index contributed by atoms with van der Waals surface area (Å²) in [5.41, 5.74) is 20.5. The molecular formula is C58H43N. The highest BCUT2D eigenvalue weighted by molar-refractivity contribution is 5.98. The van der Waals surface area contributed by atoms with Gasteiger partial charge in [-0.2, -0.15) is 0 Å². The van der Waals surface area contributed by atoms with Gasteiger partial charge in [-0.15, -0.1) is 0 Å². The van der Waals surface area contributed by atoms with Crippen molar-refractivity contribution in [2.24, 2.45) is 0 Å². The second-order valence-corrected chi connectivity index (χ2v) is 16.4. The van der Waals surface area contributed by atoms with Gasteiger partial charge in [0.25, 0.3) is 0 Å². The molecule has 0 heterocycles. The van der Waals surface area contributed by atoms with Crippen LogP contribution in [0.1, 0.15) is 47.2 Å². The fraction of sp³-hybridized carbons (Fsp3) is 0.0690. The Labute approximate surface area is 347 Å². The van der Waals surface area contributed by atoms with E-state index in [1.54, 1.807) is 0 Å². The summed E-state index contributed by atoms with van der Waals surface area (Å²) in [5.74, 6) is 0. The summed E-state index contributed by atoms with van der Waals surface area (Å²) in [5, 5.41) is 0. The van der Waals surface area contributed by atoms with Crippen LogP contribution in [0.25, 0.3) is 44.5 Å². The van der Waals surface area contributed by atoms with E-state index in [1.165, 1.54) is 77.9 Å². The van der Waals surface area contributed by atoms with Gasteiger partial charge < -0.3 is 4.90 Å². The van der Waals surface area contributed by atoms with E-state index >= 15 is 0 Å². The molecule has 11 rings (SSSR count). The lowest BCUT2D eigenvalue weighted by atomic mass is 9.67. The third-order valence-corrected chi connectivity index (χ3v) is 13.0. The number of benzene rings is 9. The Kier molecular flexibility index (Phi) is 8.13.